The van der Waals surface area contributed by atoms with E-state index < -0.39 is 4.92 Å². The van der Waals surface area contributed by atoms with E-state index in [1.807, 2.05) is 25.3 Å². The number of nitrogens with zero attached hydrogens (tertiary/aromatic N) is 4. The second-order valence-corrected chi connectivity index (χ2v) is 5.80. The molecule has 2 heterocycles. The van der Waals surface area contributed by atoms with Crippen LogP contribution in [0.5, 0.6) is 0 Å². The zero-order chi connectivity index (χ0) is 16.4. The van der Waals surface area contributed by atoms with E-state index >= 15 is 0 Å². The van der Waals surface area contributed by atoms with Gasteiger partial charge in [-0.25, -0.2) is 15.0 Å². The Morgan fingerprint density at radius 1 is 1.09 bits per heavy atom. The van der Waals surface area contributed by atoms with Crippen LogP contribution < -0.4 is 5.32 Å². The van der Waals surface area contributed by atoms with E-state index in [1.54, 1.807) is 12.1 Å². The number of nitrogens with one attached hydrogen (secondary N) is 1. The molecule has 0 aliphatic carbocycles. The number of rotatable bonds is 4. The third-order valence-electron chi connectivity index (χ3n) is 3.08. The van der Waals surface area contributed by atoms with E-state index in [2.05, 4.69) is 20.3 Å². The van der Waals surface area contributed by atoms with Gasteiger partial charge in [0.2, 0.25) is 5.95 Å². The number of hydrogen-bond donors (Lipinski definition) is 1. The summed E-state index contributed by atoms with van der Waals surface area (Å²) in [7, 11) is 0. The third-order valence-corrected chi connectivity index (χ3v) is 3.84. The highest BCUT2D eigenvalue weighted by Crippen LogP contribution is 2.27. The molecule has 3 aromatic rings. The van der Waals surface area contributed by atoms with Gasteiger partial charge in [0.05, 0.1) is 10.6 Å². The van der Waals surface area contributed by atoms with Gasteiger partial charge in [-0.3, -0.25) is 10.1 Å². The Balaban J connectivity index is 1.81. The van der Waals surface area contributed by atoms with Gasteiger partial charge in [-0.2, -0.15) is 0 Å². The number of aromatic nitrogens is 3. The molecule has 116 valence electrons. The standard InChI is InChI=1S/C15H13N5O2S/c1-9-7-10(2)17-14(16-9)19-15-18-13(8-23-15)11-3-5-12(6-4-11)20(21)22/h3-8H,1-2H3,(H,16,17,18,19). The smallest absolute Gasteiger partial charge is 0.269 e. The Kier molecular flexibility index (Phi) is 3.98. The van der Waals surface area contributed by atoms with Crippen molar-refractivity contribution in [3.63, 3.8) is 0 Å². The Morgan fingerprint density at radius 2 is 1.74 bits per heavy atom. The molecule has 0 saturated carbocycles. The van der Waals surface area contributed by atoms with Crippen LogP contribution in [0.1, 0.15) is 11.4 Å². The van der Waals surface area contributed by atoms with Gasteiger partial charge in [-0.05, 0) is 32.0 Å². The summed E-state index contributed by atoms with van der Waals surface area (Å²) in [5.41, 5.74) is 3.39. The molecule has 0 unspecified atom stereocenters. The number of nitro benzene ring substituents is 1. The molecule has 0 bridgehead atoms. The minimum atomic E-state index is -0.421. The molecule has 23 heavy (non-hydrogen) atoms. The lowest BCUT2D eigenvalue weighted by molar-refractivity contribution is -0.384. The van der Waals surface area contributed by atoms with Crippen LogP contribution in [0.3, 0.4) is 0 Å². The van der Waals surface area contributed by atoms with Gasteiger partial charge in [0, 0.05) is 34.5 Å². The predicted molar refractivity (Wildman–Crippen MR) is 89.0 cm³/mol. The van der Waals surface area contributed by atoms with E-state index in [9.17, 15) is 10.1 Å². The molecular weight excluding hydrogens is 314 g/mol. The maximum atomic E-state index is 10.7. The van der Waals surface area contributed by atoms with Gasteiger partial charge >= 0.3 is 0 Å². The quantitative estimate of drug-likeness (QED) is 0.577. The summed E-state index contributed by atoms with van der Waals surface area (Å²) >= 11 is 1.43. The normalized spacial score (nSPS) is 10.5. The van der Waals surface area contributed by atoms with Crippen molar-refractivity contribution in [2.75, 3.05) is 5.32 Å². The Labute approximate surface area is 136 Å². The SMILES string of the molecule is Cc1cc(C)nc(Nc2nc(-c3ccc([N+](=O)[O-])cc3)cs2)n1. The predicted octanol–water partition coefficient (Wildman–Crippen LogP) is 3.87. The lowest BCUT2D eigenvalue weighted by Crippen LogP contribution is -1.99. The summed E-state index contributed by atoms with van der Waals surface area (Å²) in [5.74, 6) is 0.507. The highest BCUT2D eigenvalue weighted by molar-refractivity contribution is 7.14. The molecule has 0 aliphatic heterocycles. The molecule has 0 amide bonds. The number of anilines is 2. The number of hydrogen-bond acceptors (Lipinski definition) is 7. The number of aryl methyl sites for hydroxylation is 2. The molecule has 7 nitrogen and oxygen atoms in total. The topological polar surface area (TPSA) is 93.8 Å². The lowest BCUT2D eigenvalue weighted by atomic mass is 10.1. The minimum Gasteiger partial charge on any atom is -0.300 e. The van der Waals surface area contributed by atoms with Crippen LogP contribution in [0, 0.1) is 24.0 Å². The summed E-state index contributed by atoms with van der Waals surface area (Å²) in [6.07, 6.45) is 0. The number of thiazole rings is 1. The minimum absolute atomic E-state index is 0.0611. The Hall–Kier alpha value is -2.87. The van der Waals surface area contributed by atoms with Crippen LogP contribution in [-0.2, 0) is 0 Å². The van der Waals surface area contributed by atoms with E-state index in [0.29, 0.717) is 11.1 Å². The second-order valence-electron chi connectivity index (χ2n) is 4.94. The molecule has 1 aromatic carbocycles. The summed E-state index contributed by atoms with van der Waals surface area (Å²) in [5, 5.41) is 16.3. The highest BCUT2D eigenvalue weighted by Gasteiger charge is 2.09. The van der Waals surface area contributed by atoms with Crippen molar-refractivity contribution >= 4 is 28.1 Å². The van der Waals surface area contributed by atoms with E-state index in [0.717, 1.165) is 22.6 Å². The maximum absolute atomic E-state index is 10.7. The van der Waals surface area contributed by atoms with Crippen molar-refractivity contribution in [2.45, 2.75) is 13.8 Å². The van der Waals surface area contributed by atoms with Gasteiger partial charge in [0.15, 0.2) is 5.13 Å². The molecule has 8 heteroatoms. The summed E-state index contributed by atoms with van der Waals surface area (Å²) < 4.78 is 0. The largest absolute Gasteiger partial charge is 0.300 e. The summed E-state index contributed by atoms with van der Waals surface area (Å²) in [6, 6.07) is 8.20. The lowest BCUT2D eigenvalue weighted by Gasteiger charge is -2.03. The Morgan fingerprint density at radius 3 is 2.35 bits per heavy atom. The van der Waals surface area contributed by atoms with Crippen LogP contribution in [0.2, 0.25) is 0 Å². The molecule has 2 aromatic heterocycles. The molecule has 0 fully saturated rings. The van der Waals surface area contributed by atoms with Gasteiger partial charge in [0.1, 0.15) is 0 Å². The van der Waals surface area contributed by atoms with E-state index in [-0.39, 0.29) is 5.69 Å². The van der Waals surface area contributed by atoms with Crippen LogP contribution in [0.4, 0.5) is 16.8 Å². The monoisotopic (exact) mass is 327 g/mol. The van der Waals surface area contributed by atoms with Gasteiger partial charge < -0.3 is 5.32 Å². The Bertz CT molecular complexity index is 840. The zero-order valence-electron chi connectivity index (χ0n) is 12.5. The number of non-ortho nitro benzene ring substituents is 1. The molecule has 0 spiro atoms. The molecule has 0 saturated heterocycles. The third kappa shape index (κ3) is 3.49. The van der Waals surface area contributed by atoms with Crippen molar-refractivity contribution in [3.05, 3.63) is 57.2 Å². The van der Waals surface area contributed by atoms with Crippen molar-refractivity contribution in [1.82, 2.24) is 15.0 Å². The first-order chi connectivity index (χ1) is 11.0. The second kappa shape index (κ2) is 6.09. The summed E-state index contributed by atoms with van der Waals surface area (Å²) in [4.78, 5) is 23.3. The van der Waals surface area contributed by atoms with Crippen molar-refractivity contribution in [3.8, 4) is 11.3 Å². The first-order valence-electron chi connectivity index (χ1n) is 6.81. The maximum Gasteiger partial charge on any atom is 0.269 e. The van der Waals surface area contributed by atoms with E-state index in [1.165, 1.54) is 23.5 Å². The number of benzene rings is 1. The van der Waals surface area contributed by atoms with Crippen molar-refractivity contribution < 1.29 is 4.92 Å². The van der Waals surface area contributed by atoms with Crippen LogP contribution in [0.15, 0.2) is 35.7 Å². The van der Waals surface area contributed by atoms with Gasteiger partial charge in [-0.1, -0.05) is 0 Å². The fraction of sp³-hybridized carbons (Fsp3) is 0.133. The van der Waals surface area contributed by atoms with Crippen LogP contribution >= 0.6 is 11.3 Å². The average molecular weight is 327 g/mol. The van der Waals surface area contributed by atoms with Crippen molar-refractivity contribution in [1.29, 1.82) is 0 Å². The molecular formula is C15H13N5O2S. The highest BCUT2D eigenvalue weighted by atomic mass is 32.1. The van der Waals surface area contributed by atoms with E-state index in [4.69, 9.17) is 0 Å². The van der Waals surface area contributed by atoms with Gasteiger partial charge in [-0.15, -0.1) is 11.3 Å². The first-order valence-corrected chi connectivity index (χ1v) is 7.69. The molecule has 0 radical (unpaired) electrons. The molecule has 3 rings (SSSR count). The first kappa shape index (κ1) is 15.0. The van der Waals surface area contributed by atoms with Crippen LogP contribution in [0.25, 0.3) is 11.3 Å². The molecule has 0 atom stereocenters. The zero-order valence-corrected chi connectivity index (χ0v) is 13.3. The average Bonchev–Trinajstić information content (AvgIpc) is 2.94. The van der Waals surface area contributed by atoms with Gasteiger partial charge in [0.25, 0.3) is 5.69 Å². The van der Waals surface area contributed by atoms with Crippen LogP contribution in [-0.4, -0.2) is 19.9 Å². The fourth-order valence-electron chi connectivity index (χ4n) is 2.10. The van der Waals surface area contributed by atoms with Crippen molar-refractivity contribution in [2.24, 2.45) is 0 Å². The summed E-state index contributed by atoms with van der Waals surface area (Å²) in [6.45, 7) is 3.81. The fourth-order valence-corrected chi connectivity index (χ4v) is 2.81. The number of nitro groups is 1. The molecule has 0 aliphatic rings. The molecule has 1 N–H and O–H groups in total.